The lowest BCUT2D eigenvalue weighted by Gasteiger charge is -2.37. The third kappa shape index (κ3) is 3.14. The van der Waals surface area contributed by atoms with Gasteiger partial charge in [-0.3, -0.25) is 4.79 Å². The largest absolute Gasteiger partial charge is 0.341 e. The fourth-order valence-electron chi connectivity index (χ4n) is 2.93. The van der Waals surface area contributed by atoms with Gasteiger partial charge in [-0.2, -0.15) is 0 Å². The number of alkyl halides is 1. The maximum Gasteiger partial charge on any atom is 0.240 e. The van der Waals surface area contributed by atoms with Crippen molar-refractivity contribution in [3.63, 3.8) is 0 Å². The van der Waals surface area contributed by atoms with Crippen molar-refractivity contribution in [1.29, 1.82) is 0 Å². The van der Waals surface area contributed by atoms with Gasteiger partial charge in [0.2, 0.25) is 5.91 Å². The van der Waals surface area contributed by atoms with Gasteiger partial charge in [0.15, 0.2) is 0 Å². The monoisotopic (exact) mass is 258 g/mol. The van der Waals surface area contributed by atoms with E-state index in [1.54, 1.807) is 0 Å². The molecule has 0 bridgehead atoms. The fraction of sp³-hybridized carbons (Fsp3) is 0.923. The highest BCUT2D eigenvalue weighted by atomic mass is 35.5. The van der Waals surface area contributed by atoms with Gasteiger partial charge in [-0.05, 0) is 45.2 Å². The molecule has 0 radical (unpaired) electrons. The number of likely N-dealkylation sites (tertiary alicyclic amines) is 2. The van der Waals surface area contributed by atoms with E-state index in [2.05, 4.69) is 4.90 Å². The number of carbonyl (C=O) groups excluding carboxylic acids is 1. The van der Waals surface area contributed by atoms with Crippen LogP contribution in [0.1, 0.15) is 39.0 Å². The van der Waals surface area contributed by atoms with Gasteiger partial charge in [0.25, 0.3) is 0 Å². The molecule has 3 nitrogen and oxygen atoms in total. The number of rotatable bonds is 3. The third-order valence-corrected chi connectivity index (χ3v) is 4.55. The molecule has 0 aromatic heterocycles. The van der Waals surface area contributed by atoms with Gasteiger partial charge in [-0.15, -0.1) is 11.6 Å². The van der Waals surface area contributed by atoms with Crippen LogP contribution in [0.2, 0.25) is 0 Å². The molecule has 0 unspecified atom stereocenters. The molecule has 2 fully saturated rings. The van der Waals surface area contributed by atoms with Crippen LogP contribution < -0.4 is 0 Å². The summed E-state index contributed by atoms with van der Waals surface area (Å²) >= 11 is 6.01. The zero-order chi connectivity index (χ0) is 12.3. The van der Waals surface area contributed by atoms with E-state index in [-0.39, 0.29) is 11.3 Å². The Kier molecular flexibility index (Phi) is 4.69. The summed E-state index contributed by atoms with van der Waals surface area (Å²) in [6.07, 6.45) is 5.67. The van der Waals surface area contributed by atoms with E-state index in [1.165, 1.54) is 25.9 Å². The molecule has 0 N–H and O–H groups in total. The van der Waals surface area contributed by atoms with Crippen molar-refractivity contribution in [3.8, 4) is 0 Å². The maximum absolute atomic E-state index is 11.9. The van der Waals surface area contributed by atoms with Gasteiger partial charge in [-0.25, -0.2) is 0 Å². The first-order valence-electron chi connectivity index (χ1n) is 6.89. The van der Waals surface area contributed by atoms with Gasteiger partial charge in [0, 0.05) is 19.1 Å². The summed E-state index contributed by atoms with van der Waals surface area (Å²) < 4.78 is 0. The summed E-state index contributed by atoms with van der Waals surface area (Å²) in [5.41, 5.74) is 0. The van der Waals surface area contributed by atoms with Crippen LogP contribution >= 0.6 is 11.6 Å². The minimum absolute atomic E-state index is 0.133. The second-order valence-electron chi connectivity index (χ2n) is 5.18. The van der Waals surface area contributed by atoms with E-state index in [9.17, 15) is 4.79 Å². The Hall–Kier alpha value is -0.280. The molecule has 1 atom stereocenters. The number of hydrogen-bond donors (Lipinski definition) is 0. The Morgan fingerprint density at radius 1 is 1.24 bits per heavy atom. The van der Waals surface area contributed by atoms with E-state index in [4.69, 9.17) is 11.6 Å². The number of halogens is 1. The van der Waals surface area contributed by atoms with Crippen molar-refractivity contribution in [3.05, 3.63) is 0 Å². The Morgan fingerprint density at radius 2 is 1.82 bits per heavy atom. The predicted octanol–water partition coefficient (Wildman–Crippen LogP) is 2.09. The molecule has 2 rings (SSSR count). The molecule has 0 aliphatic carbocycles. The molecular weight excluding hydrogens is 236 g/mol. The lowest BCUT2D eigenvalue weighted by atomic mass is 10.0. The predicted molar refractivity (Wildman–Crippen MR) is 70.3 cm³/mol. The van der Waals surface area contributed by atoms with Crippen LogP contribution in [0.3, 0.4) is 0 Å². The van der Waals surface area contributed by atoms with Crippen LogP contribution in [-0.4, -0.2) is 53.3 Å². The Labute approximate surface area is 109 Å². The van der Waals surface area contributed by atoms with Crippen molar-refractivity contribution in [1.82, 2.24) is 9.80 Å². The summed E-state index contributed by atoms with van der Waals surface area (Å²) in [5, 5.41) is -0.321. The molecule has 1 amide bonds. The summed E-state index contributed by atoms with van der Waals surface area (Å²) in [5.74, 6) is 0.133. The first-order chi connectivity index (χ1) is 8.22. The van der Waals surface area contributed by atoms with Crippen LogP contribution in [-0.2, 0) is 4.79 Å². The van der Waals surface area contributed by atoms with E-state index < -0.39 is 0 Å². The maximum atomic E-state index is 11.9. The van der Waals surface area contributed by atoms with E-state index >= 15 is 0 Å². The fourth-order valence-corrected chi connectivity index (χ4v) is 3.07. The molecule has 2 saturated heterocycles. The molecule has 2 aliphatic rings. The van der Waals surface area contributed by atoms with Crippen LogP contribution in [0.15, 0.2) is 0 Å². The SMILES string of the molecule is CC[C@H](Cl)C(=O)N1CCC(N2CCCC2)CC1. The van der Waals surface area contributed by atoms with Gasteiger partial charge in [0.1, 0.15) is 5.38 Å². The second kappa shape index (κ2) is 6.05. The van der Waals surface area contributed by atoms with Crippen LogP contribution in [0, 0.1) is 0 Å². The van der Waals surface area contributed by atoms with Crippen molar-refractivity contribution >= 4 is 17.5 Å². The van der Waals surface area contributed by atoms with Crippen molar-refractivity contribution in [2.75, 3.05) is 26.2 Å². The summed E-state index contributed by atoms with van der Waals surface area (Å²) in [4.78, 5) is 16.5. The quantitative estimate of drug-likeness (QED) is 0.724. The smallest absolute Gasteiger partial charge is 0.240 e. The molecule has 2 heterocycles. The summed E-state index contributed by atoms with van der Waals surface area (Å²) in [6, 6.07) is 0.706. The summed E-state index contributed by atoms with van der Waals surface area (Å²) in [6.45, 7) is 6.26. The first kappa shape index (κ1) is 13.2. The van der Waals surface area contributed by atoms with Crippen LogP contribution in [0.5, 0.6) is 0 Å². The van der Waals surface area contributed by atoms with Gasteiger partial charge in [-0.1, -0.05) is 6.92 Å². The average Bonchev–Trinajstić information content (AvgIpc) is 2.91. The standard InChI is InChI=1S/C13H23ClN2O/c1-2-12(14)13(17)16-9-5-11(6-10-16)15-7-3-4-8-15/h11-12H,2-10H2,1H3/t12-/m0/s1. The number of amides is 1. The number of nitrogens with zero attached hydrogens (tertiary/aromatic N) is 2. The van der Waals surface area contributed by atoms with E-state index in [0.29, 0.717) is 6.04 Å². The number of hydrogen-bond acceptors (Lipinski definition) is 2. The molecule has 0 saturated carbocycles. The molecule has 0 aromatic carbocycles. The third-order valence-electron chi connectivity index (χ3n) is 4.06. The van der Waals surface area contributed by atoms with Crippen LogP contribution in [0.25, 0.3) is 0 Å². The highest BCUT2D eigenvalue weighted by molar-refractivity contribution is 6.30. The Morgan fingerprint density at radius 3 is 2.35 bits per heavy atom. The molecular formula is C13H23ClN2O. The zero-order valence-electron chi connectivity index (χ0n) is 10.7. The molecule has 0 aromatic rings. The van der Waals surface area contributed by atoms with E-state index in [1.807, 2.05) is 11.8 Å². The van der Waals surface area contributed by atoms with E-state index in [0.717, 1.165) is 32.4 Å². The Balaban J connectivity index is 1.79. The lowest BCUT2D eigenvalue weighted by Crippen LogP contribution is -2.47. The van der Waals surface area contributed by atoms with Gasteiger partial charge in [0.05, 0.1) is 0 Å². The highest BCUT2D eigenvalue weighted by Gasteiger charge is 2.29. The molecule has 17 heavy (non-hydrogen) atoms. The van der Waals surface area contributed by atoms with Crippen molar-refractivity contribution in [2.24, 2.45) is 0 Å². The molecule has 4 heteroatoms. The van der Waals surface area contributed by atoms with Gasteiger partial charge < -0.3 is 9.80 Å². The molecule has 98 valence electrons. The highest BCUT2D eigenvalue weighted by Crippen LogP contribution is 2.22. The van der Waals surface area contributed by atoms with Crippen molar-refractivity contribution < 1.29 is 4.79 Å². The van der Waals surface area contributed by atoms with Crippen molar-refractivity contribution in [2.45, 2.75) is 50.4 Å². The van der Waals surface area contributed by atoms with Gasteiger partial charge >= 0.3 is 0 Å². The second-order valence-corrected chi connectivity index (χ2v) is 5.70. The number of piperidine rings is 1. The minimum Gasteiger partial charge on any atom is -0.341 e. The first-order valence-corrected chi connectivity index (χ1v) is 7.33. The molecule has 2 aliphatic heterocycles. The van der Waals surface area contributed by atoms with Crippen LogP contribution in [0.4, 0.5) is 0 Å². The topological polar surface area (TPSA) is 23.6 Å². The number of carbonyl (C=O) groups is 1. The zero-order valence-corrected chi connectivity index (χ0v) is 11.5. The lowest BCUT2D eigenvalue weighted by molar-refractivity contribution is -0.132. The summed E-state index contributed by atoms with van der Waals surface area (Å²) in [7, 11) is 0. The normalized spacial score (nSPS) is 25.2. The molecule has 0 spiro atoms. The Bertz CT molecular complexity index is 258. The minimum atomic E-state index is -0.321. The average molecular weight is 259 g/mol.